The van der Waals surface area contributed by atoms with E-state index in [2.05, 4.69) is 56.8 Å². The highest BCUT2D eigenvalue weighted by Gasteiger charge is 2.22. The van der Waals surface area contributed by atoms with Gasteiger partial charge >= 0.3 is 11.9 Å². The Labute approximate surface area is 270 Å². The van der Waals surface area contributed by atoms with Crippen LogP contribution in [0.3, 0.4) is 0 Å². The van der Waals surface area contributed by atoms with Gasteiger partial charge in [0.05, 0.1) is 44.0 Å². The highest BCUT2D eigenvalue weighted by atomic mass is 16.5. The highest BCUT2D eigenvalue weighted by molar-refractivity contribution is 5.87. The van der Waals surface area contributed by atoms with Crippen molar-refractivity contribution >= 4 is 22.7 Å². The van der Waals surface area contributed by atoms with Crippen molar-refractivity contribution in [2.24, 2.45) is 23.7 Å². The van der Waals surface area contributed by atoms with Crippen molar-refractivity contribution < 1.29 is 34.0 Å². The van der Waals surface area contributed by atoms with Crippen LogP contribution in [0, 0.1) is 23.7 Å². The predicted octanol–water partition coefficient (Wildman–Crippen LogP) is 6.99. The molecular formula is C38H56O7. The zero-order valence-corrected chi connectivity index (χ0v) is 27.8. The summed E-state index contributed by atoms with van der Waals surface area (Å²) in [6, 6.07) is 13.9. The van der Waals surface area contributed by atoms with E-state index in [1.54, 1.807) is 6.92 Å². The topological polar surface area (TPSA) is 102 Å². The first-order chi connectivity index (χ1) is 21.7. The van der Waals surface area contributed by atoms with Crippen LogP contribution in [0.15, 0.2) is 48.6 Å². The first-order valence-electron chi connectivity index (χ1n) is 17.0. The normalized spacial score (nSPS) is 18.1. The van der Waals surface area contributed by atoms with Crippen molar-refractivity contribution in [3.8, 4) is 0 Å². The Morgan fingerprint density at radius 1 is 0.889 bits per heavy atom. The summed E-state index contributed by atoms with van der Waals surface area (Å²) >= 11 is 0. The van der Waals surface area contributed by atoms with Crippen LogP contribution in [0.1, 0.15) is 89.7 Å². The van der Waals surface area contributed by atoms with E-state index in [1.807, 2.05) is 0 Å². The molecule has 4 unspecified atom stereocenters. The molecule has 2 aromatic rings. The molecule has 2 N–H and O–H groups in total. The Hall–Kier alpha value is -2.74. The van der Waals surface area contributed by atoms with E-state index in [1.165, 1.54) is 41.2 Å². The molecule has 2 aromatic carbocycles. The minimum Gasteiger partial charge on any atom is -0.465 e. The third-order valence-electron chi connectivity index (χ3n) is 8.98. The van der Waals surface area contributed by atoms with Gasteiger partial charge in [0.1, 0.15) is 0 Å². The lowest BCUT2D eigenvalue weighted by Gasteiger charge is -2.29. The Morgan fingerprint density at radius 2 is 1.58 bits per heavy atom. The molecule has 1 aliphatic rings. The summed E-state index contributed by atoms with van der Waals surface area (Å²) in [6.07, 6.45) is 12.0. The number of rotatable bonds is 20. The third kappa shape index (κ3) is 13.3. The molecular weight excluding hydrogens is 568 g/mol. The quantitative estimate of drug-likeness (QED) is 0.0930. The second kappa shape index (κ2) is 19.7. The Kier molecular flexibility index (Phi) is 16.1. The van der Waals surface area contributed by atoms with Gasteiger partial charge in [0.15, 0.2) is 0 Å². The largest absolute Gasteiger partial charge is 0.465 e. The Morgan fingerprint density at radius 3 is 2.20 bits per heavy atom. The monoisotopic (exact) mass is 624 g/mol. The molecule has 1 fully saturated rings. The molecule has 0 bridgehead atoms. The van der Waals surface area contributed by atoms with Crippen molar-refractivity contribution in [2.45, 2.75) is 97.5 Å². The van der Waals surface area contributed by atoms with Crippen molar-refractivity contribution in [2.75, 3.05) is 33.0 Å². The molecule has 7 heteroatoms. The number of ether oxygens (including phenoxy) is 3. The van der Waals surface area contributed by atoms with Gasteiger partial charge in [-0.15, -0.1) is 0 Å². The summed E-state index contributed by atoms with van der Waals surface area (Å²) in [5, 5.41) is 21.0. The van der Waals surface area contributed by atoms with Crippen LogP contribution in [0.25, 0.3) is 10.8 Å². The van der Waals surface area contributed by atoms with Crippen LogP contribution in [0.4, 0.5) is 0 Å². The molecule has 0 amide bonds. The van der Waals surface area contributed by atoms with Gasteiger partial charge < -0.3 is 24.4 Å². The lowest BCUT2D eigenvalue weighted by molar-refractivity contribution is -0.152. The molecule has 0 aliphatic carbocycles. The third-order valence-corrected chi connectivity index (χ3v) is 8.98. The SMILES string of the molecule is C=C(CO)C(=O)OCC(CCCCC1CCC(CCc2ccc3cc(CCCC(C)C)ccc3c2)CO1)COC(=O)C(C)CO. The fraction of sp³-hybridized carbons (Fsp3) is 0.632. The summed E-state index contributed by atoms with van der Waals surface area (Å²) in [4.78, 5) is 23.9. The number of hydrogen-bond acceptors (Lipinski definition) is 7. The molecule has 0 radical (unpaired) electrons. The summed E-state index contributed by atoms with van der Waals surface area (Å²) in [6.45, 7) is 9.93. The molecule has 0 saturated carbocycles. The van der Waals surface area contributed by atoms with E-state index in [0.29, 0.717) is 5.92 Å². The van der Waals surface area contributed by atoms with Crippen LogP contribution in [-0.4, -0.2) is 61.3 Å². The Bertz CT molecular complexity index is 1200. The van der Waals surface area contributed by atoms with Crippen LogP contribution < -0.4 is 0 Å². The fourth-order valence-electron chi connectivity index (χ4n) is 5.85. The zero-order chi connectivity index (χ0) is 32.6. The predicted molar refractivity (Wildman–Crippen MR) is 179 cm³/mol. The number of benzene rings is 2. The van der Waals surface area contributed by atoms with E-state index in [-0.39, 0.29) is 37.4 Å². The first kappa shape index (κ1) is 36.7. The van der Waals surface area contributed by atoms with E-state index in [9.17, 15) is 14.7 Å². The maximum absolute atomic E-state index is 12.0. The van der Waals surface area contributed by atoms with E-state index < -0.39 is 24.5 Å². The van der Waals surface area contributed by atoms with Crippen LogP contribution >= 0.6 is 0 Å². The average molecular weight is 625 g/mol. The standard InChI is InChI=1S/C38H56O7/c1-27(2)8-7-10-30-14-17-35-21-31(15-18-34(35)20-30)12-13-32-16-19-36(43-24-32)11-6-5-9-33(25-44-37(41)28(3)22-39)26-45-38(42)29(4)23-40/h14-15,17-18,20-21,27,29,32-33,36,39-40H,3,5-13,16,19,22-26H2,1-2,4H3. The first-order valence-corrected chi connectivity index (χ1v) is 17.0. The molecule has 45 heavy (non-hydrogen) atoms. The summed E-state index contributed by atoms with van der Waals surface area (Å²) < 4.78 is 16.9. The molecule has 0 aromatic heterocycles. The molecule has 7 nitrogen and oxygen atoms in total. The lowest BCUT2D eigenvalue weighted by atomic mass is 9.90. The lowest BCUT2D eigenvalue weighted by Crippen LogP contribution is -2.26. The van der Waals surface area contributed by atoms with Gasteiger partial charge in [0, 0.05) is 12.5 Å². The number of unbranched alkanes of at least 4 members (excludes halogenated alkanes) is 1. The van der Waals surface area contributed by atoms with Crippen molar-refractivity contribution in [3.63, 3.8) is 0 Å². The second-order valence-corrected chi connectivity index (χ2v) is 13.5. The minimum atomic E-state index is -0.648. The smallest absolute Gasteiger partial charge is 0.335 e. The molecule has 0 spiro atoms. The van der Waals surface area contributed by atoms with Crippen LogP contribution in [0.5, 0.6) is 0 Å². The zero-order valence-electron chi connectivity index (χ0n) is 27.8. The van der Waals surface area contributed by atoms with Gasteiger partial charge in [0.25, 0.3) is 0 Å². The number of carbonyl (C=O) groups excluding carboxylic acids is 2. The van der Waals surface area contributed by atoms with Gasteiger partial charge in [-0.25, -0.2) is 4.79 Å². The summed E-state index contributed by atoms with van der Waals surface area (Å²) in [5.41, 5.74) is 2.83. The fourth-order valence-corrected chi connectivity index (χ4v) is 5.85. The maximum Gasteiger partial charge on any atom is 0.335 e. The second-order valence-electron chi connectivity index (χ2n) is 13.5. The molecule has 4 atom stereocenters. The van der Waals surface area contributed by atoms with Gasteiger partial charge in [-0.05, 0) is 92.0 Å². The van der Waals surface area contributed by atoms with E-state index >= 15 is 0 Å². The number of esters is 2. The van der Waals surface area contributed by atoms with Crippen LogP contribution in [0.2, 0.25) is 0 Å². The number of hydrogen-bond donors (Lipinski definition) is 2. The highest BCUT2D eigenvalue weighted by Crippen LogP contribution is 2.27. The number of fused-ring (bicyclic) bond motifs is 1. The Balaban J connectivity index is 1.35. The average Bonchev–Trinajstić information content (AvgIpc) is 3.05. The number of aryl methyl sites for hydroxylation is 2. The van der Waals surface area contributed by atoms with Gasteiger partial charge in [-0.3, -0.25) is 4.79 Å². The number of aliphatic hydroxyl groups excluding tert-OH is 2. The number of carbonyl (C=O) groups is 2. The molecule has 3 rings (SSSR count). The van der Waals surface area contributed by atoms with Gasteiger partial charge in [0.2, 0.25) is 0 Å². The number of aliphatic hydroxyl groups is 2. The minimum absolute atomic E-state index is 0.00832. The van der Waals surface area contributed by atoms with Crippen molar-refractivity contribution in [1.29, 1.82) is 0 Å². The van der Waals surface area contributed by atoms with Crippen molar-refractivity contribution in [1.82, 2.24) is 0 Å². The molecule has 1 saturated heterocycles. The van der Waals surface area contributed by atoms with Crippen LogP contribution in [-0.2, 0) is 36.6 Å². The van der Waals surface area contributed by atoms with Crippen molar-refractivity contribution in [3.05, 3.63) is 59.7 Å². The summed E-state index contributed by atoms with van der Waals surface area (Å²) in [5.74, 6) is -0.537. The molecule has 250 valence electrons. The molecule has 1 aliphatic heterocycles. The maximum atomic E-state index is 12.0. The van der Waals surface area contributed by atoms with E-state index in [4.69, 9.17) is 19.3 Å². The molecule has 1 heterocycles. The van der Waals surface area contributed by atoms with Gasteiger partial charge in [-0.2, -0.15) is 0 Å². The van der Waals surface area contributed by atoms with E-state index in [0.717, 1.165) is 63.9 Å². The van der Waals surface area contributed by atoms with Gasteiger partial charge in [-0.1, -0.05) is 76.1 Å². The summed E-state index contributed by atoms with van der Waals surface area (Å²) in [7, 11) is 0.